The van der Waals surface area contributed by atoms with Crippen molar-refractivity contribution in [3.8, 4) is 0 Å². The van der Waals surface area contributed by atoms with Crippen molar-refractivity contribution in [2.75, 3.05) is 19.7 Å². The van der Waals surface area contributed by atoms with E-state index in [-0.39, 0.29) is 5.60 Å². The summed E-state index contributed by atoms with van der Waals surface area (Å²) in [6, 6.07) is 2.39. The predicted molar refractivity (Wildman–Crippen MR) is 80.9 cm³/mol. The van der Waals surface area contributed by atoms with Crippen molar-refractivity contribution in [3.63, 3.8) is 0 Å². The molecule has 3 saturated heterocycles. The van der Waals surface area contributed by atoms with Crippen LogP contribution in [0, 0.1) is 0 Å². The molecule has 3 atom stereocenters. The van der Waals surface area contributed by atoms with Crippen LogP contribution in [0.25, 0.3) is 0 Å². The number of nitrogens with one attached hydrogen (secondary N) is 1. The minimum Gasteiger partial charge on any atom is -0.375 e. The maximum atomic E-state index is 6.17. The molecule has 1 N–H and O–H groups in total. The molecular weight excluding hydrogens is 248 g/mol. The predicted octanol–water partition coefficient (Wildman–Crippen LogP) is 2.69. The summed E-state index contributed by atoms with van der Waals surface area (Å²) in [4.78, 5) is 2.72. The zero-order valence-corrected chi connectivity index (χ0v) is 12.8. The summed E-state index contributed by atoms with van der Waals surface area (Å²) in [5, 5.41) is 4.01. The average Bonchev–Trinajstić information content (AvgIpc) is 3.08. The lowest BCUT2D eigenvalue weighted by atomic mass is 9.87. The van der Waals surface area contributed by atoms with E-state index < -0.39 is 0 Å². The molecule has 4 aliphatic rings. The van der Waals surface area contributed by atoms with Crippen LogP contribution < -0.4 is 5.32 Å². The Bertz CT molecular complexity index is 340. The fraction of sp³-hybridized carbons (Fsp3) is 1.00. The average molecular weight is 278 g/mol. The van der Waals surface area contributed by atoms with Gasteiger partial charge < -0.3 is 15.0 Å². The minimum atomic E-state index is 0.268. The van der Waals surface area contributed by atoms with E-state index in [2.05, 4.69) is 10.2 Å². The smallest absolute Gasteiger partial charge is 0.0697 e. The lowest BCUT2D eigenvalue weighted by molar-refractivity contribution is -0.0855. The van der Waals surface area contributed by atoms with Crippen molar-refractivity contribution in [2.24, 2.45) is 0 Å². The molecule has 0 radical (unpaired) electrons. The molecule has 1 aliphatic carbocycles. The van der Waals surface area contributed by atoms with E-state index in [4.69, 9.17) is 4.74 Å². The molecule has 1 spiro atoms. The molecule has 0 aromatic rings. The van der Waals surface area contributed by atoms with E-state index >= 15 is 0 Å². The summed E-state index contributed by atoms with van der Waals surface area (Å²) < 4.78 is 6.17. The standard InChI is InChI=1S/C17H30N2O/c1-2-8-17(7-1)13-15(6-11-20-17)18-14-5-10-19-9-3-4-16(19)12-14/h14-16,18H,1-13H2. The van der Waals surface area contributed by atoms with Crippen LogP contribution in [0.4, 0.5) is 0 Å². The zero-order valence-electron chi connectivity index (χ0n) is 12.8. The van der Waals surface area contributed by atoms with Crippen molar-refractivity contribution in [1.29, 1.82) is 0 Å². The first-order valence-corrected chi connectivity index (χ1v) is 8.97. The van der Waals surface area contributed by atoms with Gasteiger partial charge in [0.2, 0.25) is 0 Å². The summed E-state index contributed by atoms with van der Waals surface area (Å²) in [5.41, 5.74) is 0.268. The number of hydrogen-bond donors (Lipinski definition) is 1. The lowest BCUT2D eigenvalue weighted by Gasteiger charge is -2.42. The van der Waals surface area contributed by atoms with Gasteiger partial charge in [-0.15, -0.1) is 0 Å². The first kappa shape index (κ1) is 13.5. The second-order valence-corrected chi connectivity index (χ2v) is 7.65. The first-order chi connectivity index (χ1) is 9.83. The van der Waals surface area contributed by atoms with Crippen LogP contribution in [-0.2, 0) is 4.74 Å². The molecule has 0 aromatic carbocycles. The third kappa shape index (κ3) is 2.65. The van der Waals surface area contributed by atoms with Crippen molar-refractivity contribution in [3.05, 3.63) is 0 Å². The van der Waals surface area contributed by atoms with Crippen molar-refractivity contribution < 1.29 is 4.74 Å². The van der Waals surface area contributed by atoms with Gasteiger partial charge in [-0.25, -0.2) is 0 Å². The zero-order chi connectivity index (χ0) is 13.4. The van der Waals surface area contributed by atoms with Crippen molar-refractivity contribution >= 4 is 0 Å². The largest absolute Gasteiger partial charge is 0.375 e. The fourth-order valence-electron chi connectivity index (χ4n) is 5.25. The van der Waals surface area contributed by atoms with Crippen LogP contribution in [0.2, 0.25) is 0 Å². The molecule has 114 valence electrons. The highest BCUT2D eigenvalue weighted by atomic mass is 16.5. The second kappa shape index (κ2) is 5.58. The van der Waals surface area contributed by atoms with Gasteiger partial charge in [0.05, 0.1) is 5.60 Å². The molecule has 3 aliphatic heterocycles. The van der Waals surface area contributed by atoms with Gasteiger partial charge in [-0.3, -0.25) is 0 Å². The van der Waals surface area contributed by atoms with Gasteiger partial charge in [0.25, 0.3) is 0 Å². The Hall–Kier alpha value is -0.120. The number of fused-ring (bicyclic) bond motifs is 1. The van der Waals surface area contributed by atoms with Crippen LogP contribution in [0.5, 0.6) is 0 Å². The van der Waals surface area contributed by atoms with Gasteiger partial charge in [-0.2, -0.15) is 0 Å². The topological polar surface area (TPSA) is 24.5 Å². The Morgan fingerprint density at radius 1 is 0.950 bits per heavy atom. The molecule has 4 fully saturated rings. The quantitative estimate of drug-likeness (QED) is 0.840. The molecule has 3 heteroatoms. The van der Waals surface area contributed by atoms with E-state index in [0.29, 0.717) is 0 Å². The SMILES string of the molecule is C1CC2CC(NC3CCOC4(CCCC4)C3)CCN2C1. The van der Waals surface area contributed by atoms with E-state index in [0.717, 1.165) is 24.7 Å². The van der Waals surface area contributed by atoms with Gasteiger partial charge in [0, 0.05) is 24.7 Å². The highest BCUT2D eigenvalue weighted by molar-refractivity contribution is 4.96. The third-order valence-electron chi connectivity index (χ3n) is 6.30. The maximum Gasteiger partial charge on any atom is 0.0697 e. The van der Waals surface area contributed by atoms with Crippen LogP contribution in [0.15, 0.2) is 0 Å². The summed E-state index contributed by atoms with van der Waals surface area (Å²) in [7, 11) is 0. The molecule has 3 nitrogen and oxygen atoms in total. The molecular formula is C17H30N2O. The number of nitrogens with zero attached hydrogens (tertiary/aromatic N) is 1. The highest BCUT2D eigenvalue weighted by Gasteiger charge is 2.41. The van der Waals surface area contributed by atoms with Gasteiger partial charge in [-0.1, -0.05) is 12.8 Å². The fourth-order valence-corrected chi connectivity index (χ4v) is 5.25. The molecule has 0 amide bonds. The molecule has 0 bridgehead atoms. The molecule has 4 rings (SSSR count). The number of hydrogen-bond acceptors (Lipinski definition) is 3. The van der Waals surface area contributed by atoms with Crippen LogP contribution in [0.3, 0.4) is 0 Å². The van der Waals surface area contributed by atoms with Gasteiger partial charge in [0.1, 0.15) is 0 Å². The number of piperidine rings is 1. The van der Waals surface area contributed by atoms with Crippen molar-refractivity contribution in [1.82, 2.24) is 10.2 Å². The molecule has 0 aromatic heterocycles. The van der Waals surface area contributed by atoms with E-state index in [9.17, 15) is 0 Å². The summed E-state index contributed by atoms with van der Waals surface area (Å²) in [5.74, 6) is 0. The van der Waals surface area contributed by atoms with Crippen LogP contribution in [-0.4, -0.2) is 48.3 Å². The lowest BCUT2D eigenvalue weighted by Crippen LogP contribution is -2.52. The molecule has 20 heavy (non-hydrogen) atoms. The van der Waals surface area contributed by atoms with Gasteiger partial charge in [0.15, 0.2) is 0 Å². The summed E-state index contributed by atoms with van der Waals surface area (Å²) in [6.07, 6.45) is 13.5. The first-order valence-electron chi connectivity index (χ1n) is 8.97. The van der Waals surface area contributed by atoms with E-state index in [1.807, 2.05) is 0 Å². The van der Waals surface area contributed by atoms with Crippen LogP contribution >= 0.6 is 0 Å². The van der Waals surface area contributed by atoms with E-state index in [1.165, 1.54) is 77.3 Å². The number of ether oxygens (including phenoxy) is 1. The Balaban J connectivity index is 1.32. The molecule has 3 unspecified atom stereocenters. The minimum absolute atomic E-state index is 0.268. The van der Waals surface area contributed by atoms with Crippen molar-refractivity contribution in [2.45, 2.75) is 87.9 Å². The Morgan fingerprint density at radius 2 is 1.85 bits per heavy atom. The third-order valence-corrected chi connectivity index (χ3v) is 6.30. The van der Waals surface area contributed by atoms with Gasteiger partial charge in [-0.05, 0) is 64.5 Å². The Kier molecular flexibility index (Phi) is 3.78. The Labute approximate surface area is 123 Å². The molecule has 3 heterocycles. The summed E-state index contributed by atoms with van der Waals surface area (Å²) >= 11 is 0. The number of rotatable bonds is 2. The monoisotopic (exact) mass is 278 g/mol. The van der Waals surface area contributed by atoms with Gasteiger partial charge >= 0.3 is 0 Å². The highest BCUT2D eigenvalue weighted by Crippen LogP contribution is 2.40. The summed E-state index contributed by atoms with van der Waals surface area (Å²) in [6.45, 7) is 3.68. The maximum absolute atomic E-state index is 6.17. The van der Waals surface area contributed by atoms with E-state index in [1.54, 1.807) is 0 Å². The second-order valence-electron chi connectivity index (χ2n) is 7.65. The van der Waals surface area contributed by atoms with Crippen LogP contribution in [0.1, 0.15) is 64.2 Å². The molecule has 1 saturated carbocycles. The Morgan fingerprint density at radius 3 is 2.75 bits per heavy atom. The normalized spacial score (nSPS) is 41.1.